The van der Waals surface area contributed by atoms with E-state index in [-0.39, 0.29) is 12.4 Å². The zero-order chi connectivity index (χ0) is 12.3. The number of anilines is 1. The number of hydrazine groups is 1. The molecule has 17 heavy (non-hydrogen) atoms. The molecule has 0 spiro atoms. The zero-order valence-electron chi connectivity index (χ0n) is 9.11. The van der Waals surface area contributed by atoms with Crippen molar-refractivity contribution in [3.05, 3.63) is 35.3 Å². The third-order valence-electron chi connectivity index (χ3n) is 2.20. The number of hydrogen-bond acceptors (Lipinski definition) is 6. The van der Waals surface area contributed by atoms with Crippen molar-refractivity contribution in [2.75, 3.05) is 5.43 Å². The van der Waals surface area contributed by atoms with Gasteiger partial charge in [0.2, 0.25) is 0 Å². The van der Waals surface area contributed by atoms with Crippen LogP contribution in [0, 0.1) is 12.7 Å². The number of rotatable bonds is 4. The summed E-state index contributed by atoms with van der Waals surface area (Å²) in [5.74, 6) is 5.44. The number of aryl methyl sites for hydroxylation is 1. The van der Waals surface area contributed by atoms with Gasteiger partial charge in [-0.05, 0) is 18.6 Å². The van der Waals surface area contributed by atoms with Gasteiger partial charge in [-0.15, -0.1) is 5.10 Å². The minimum atomic E-state index is -0.334. The Morgan fingerprint density at radius 2 is 2.35 bits per heavy atom. The number of nitrogens with one attached hydrogen (secondary N) is 1. The van der Waals surface area contributed by atoms with Gasteiger partial charge in [0.15, 0.2) is 5.00 Å². The molecule has 0 saturated carbocycles. The van der Waals surface area contributed by atoms with E-state index in [9.17, 15) is 4.39 Å². The molecule has 3 N–H and O–H groups in total. The third kappa shape index (κ3) is 2.69. The van der Waals surface area contributed by atoms with E-state index in [0.717, 1.165) is 17.1 Å². The zero-order valence-corrected chi connectivity index (χ0v) is 9.92. The summed E-state index contributed by atoms with van der Waals surface area (Å²) in [5, 5.41) is 4.50. The lowest BCUT2D eigenvalue weighted by molar-refractivity contribution is 0.298. The first-order valence-electron chi connectivity index (χ1n) is 4.87. The largest absolute Gasteiger partial charge is 0.487 e. The van der Waals surface area contributed by atoms with Crippen LogP contribution in [0.15, 0.2) is 18.2 Å². The van der Waals surface area contributed by atoms with Crippen molar-refractivity contribution < 1.29 is 9.13 Å². The second-order valence-electron chi connectivity index (χ2n) is 3.39. The molecule has 0 fully saturated rings. The van der Waals surface area contributed by atoms with Gasteiger partial charge in [0, 0.05) is 17.6 Å². The van der Waals surface area contributed by atoms with Crippen molar-refractivity contribution in [1.82, 2.24) is 9.59 Å². The quantitative estimate of drug-likeness (QED) is 0.643. The van der Waals surface area contributed by atoms with Crippen LogP contribution in [-0.4, -0.2) is 9.59 Å². The number of benzene rings is 1. The van der Waals surface area contributed by atoms with E-state index in [2.05, 4.69) is 15.0 Å². The molecule has 1 heterocycles. The summed E-state index contributed by atoms with van der Waals surface area (Å²) in [6, 6.07) is 4.39. The third-order valence-corrected chi connectivity index (χ3v) is 2.90. The Kier molecular flexibility index (Phi) is 3.50. The fourth-order valence-electron chi connectivity index (χ4n) is 1.29. The molecular weight excluding hydrogens is 243 g/mol. The summed E-state index contributed by atoms with van der Waals surface area (Å²) in [6.45, 7) is 2.04. The summed E-state index contributed by atoms with van der Waals surface area (Å²) < 4.78 is 22.2. The highest BCUT2D eigenvalue weighted by Crippen LogP contribution is 2.22. The Hall–Kier alpha value is -1.73. The van der Waals surface area contributed by atoms with Crippen molar-refractivity contribution in [1.29, 1.82) is 0 Å². The summed E-state index contributed by atoms with van der Waals surface area (Å²) in [6.07, 6.45) is 0. The van der Waals surface area contributed by atoms with E-state index in [1.165, 1.54) is 12.1 Å². The molecule has 1 aromatic heterocycles. The predicted molar refractivity (Wildman–Crippen MR) is 63.2 cm³/mol. The van der Waals surface area contributed by atoms with E-state index in [0.29, 0.717) is 16.4 Å². The predicted octanol–water partition coefficient (Wildman–Crippen LogP) is 1.85. The van der Waals surface area contributed by atoms with Gasteiger partial charge in [-0.25, -0.2) is 10.2 Å². The van der Waals surface area contributed by atoms with Crippen LogP contribution in [0.25, 0.3) is 0 Å². The molecule has 0 atom stereocenters. The van der Waals surface area contributed by atoms with Crippen LogP contribution in [0.5, 0.6) is 5.75 Å². The minimum absolute atomic E-state index is 0.195. The molecule has 0 amide bonds. The Balaban J connectivity index is 2.09. The summed E-state index contributed by atoms with van der Waals surface area (Å²) >= 11 is 1.14. The van der Waals surface area contributed by atoms with Crippen molar-refractivity contribution in [2.45, 2.75) is 13.5 Å². The van der Waals surface area contributed by atoms with E-state index in [1.807, 2.05) is 6.92 Å². The number of nitrogen functional groups attached to an aromatic ring is 1. The molecule has 2 rings (SSSR count). The van der Waals surface area contributed by atoms with Gasteiger partial charge in [0.1, 0.15) is 23.9 Å². The summed E-state index contributed by atoms with van der Waals surface area (Å²) in [7, 11) is 0. The summed E-state index contributed by atoms with van der Waals surface area (Å²) in [5.41, 5.74) is 3.93. The van der Waals surface area contributed by atoms with E-state index >= 15 is 0 Å². The van der Waals surface area contributed by atoms with Crippen molar-refractivity contribution in [2.24, 2.45) is 5.84 Å². The Labute approximate surface area is 102 Å². The van der Waals surface area contributed by atoms with Gasteiger partial charge in [0.05, 0.1) is 0 Å². The van der Waals surface area contributed by atoms with Gasteiger partial charge in [-0.2, -0.15) is 0 Å². The van der Waals surface area contributed by atoms with Crippen LogP contribution in [0.3, 0.4) is 0 Å². The number of hydrogen-bond donors (Lipinski definition) is 2. The minimum Gasteiger partial charge on any atom is -0.487 e. The molecule has 0 aliphatic carbocycles. The molecule has 0 radical (unpaired) electrons. The molecule has 0 unspecified atom stereocenters. The Morgan fingerprint density at radius 3 is 3.12 bits per heavy atom. The van der Waals surface area contributed by atoms with Crippen molar-refractivity contribution in [3.63, 3.8) is 0 Å². The topological polar surface area (TPSA) is 73.1 Å². The first-order chi connectivity index (χ1) is 8.20. The maximum atomic E-state index is 13.0. The monoisotopic (exact) mass is 254 g/mol. The smallest absolute Gasteiger partial charge is 0.150 e. The Bertz CT molecular complexity index is 517. The standard InChI is InChI=1S/C10H11FN4OS/c1-6-2-3-7(11)4-9(6)16-5-8-10(13-12)17-15-14-8/h2-4,13H,5,12H2,1H3. The van der Waals surface area contributed by atoms with Gasteiger partial charge >= 0.3 is 0 Å². The number of halogens is 1. The molecule has 7 heteroatoms. The summed E-state index contributed by atoms with van der Waals surface area (Å²) in [4.78, 5) is 0. The number of nitrogens with two attached hydrogens (primary N) is 1. The van der Waals surface area contributed by atoms with Gasteiger partial charge in [-0.1, -0.05) is 10.6 Å². The van der Waals surface area contributed by atoms with E-state index in [4.69, 9.17) is 10.6 Å². The molecule has 0 aliphatic rings. The van der Waals surface area contributed by atoms with Gasteiger partial charge in [0.25, 0.3) is 0 Å². The van der Waals surface area contributed by atoms with Crippen LogP contribution in [0.4, 0.5) is 9.39 Å². The maximum Gasteiger partial charge on any atom is 0.150 e. The van der Waals surface area contributed by atoms with E-state index < -0.39 is 0 Å². The highest BCUT2D eigenvalue weighted by molar-refractivity contribution is 7.10. The normalized spacial score (nSPS) is 10.3. The second-order valence-corrected chi connectivity index (χ2v) is 4.15. The average Bonchev–Trinajstić information content (AvgIpc) is 2.77. The van der Waals surface area contributed by atoms with E-state index in [1.54, 1.807) is 6.07 Å². The van der Waals surface area contributed by atoms with Crippen molar-refractivity contribution >= 4 is 16.5 Å². The second kappa shape index (κ2) is 5.07. The number of ether oxygens (including phenoxy) is 1. The lowest BCUT2D eigenvalue weighted by Crippen LogP contribution is -2.08. The first-order valence-corrected chi connectivity index (χ1v) is 5.65. The highest BCUT2D eigenvalue weighted by atomic mass is 32.1. The molecular formula is C10H11FN4OS. The fraction of sp³-hybridized carbons (Fsp3) is 0.200. The van der Waals surface area contributed by atoms with Crippen LogP contribution in [0.1, 0.15) is 11.3 Å². The van der Waals surface area contributed by atoms with Gasteiger partial charge in [-0.3, -0.25) is 0 Å². The van der Waals surface area contributed by atoms with Crippen LogP contribution >= 0.6 is 11.5 Å². The molecule has 5 nitrogen and oxygen atoms in total. The van der Waals surface area contributed by atoms with Crippen LogP contribution in [0.2, 0.25) is 0 Å². The highest BCUT2D eigenvalue weighted by Gasteiger charge is 2.08. The van der Waals surface area contributed by atoms with Crippen LogP contribution < -0.4 is 16.0 Å². The number of nitrogens with zero attached hydrogens (tertiary/aromatic N) is 2. The molecule has 90 valence electrons. The maximum absolute atomic E-state index is 13.0. The molecule has 1 aromatic carbocycles. The van der Waals surface area contributed by atoms with Crippen molar-refractivity contribution in [3.8, 4) is 5.75 Å². The molecule has 0 bridgehead atoms. The van der Waals surface area contributed by atoms with Crippen LogP contribution in [-0.2, 0) is 6.61 Å². The van der Waals surface area contributed by atoms with Gasteiger partial charge < -0.3 is 10.2 Å². The number of aromatic nitrogens is 2. The Morgan fingerprint density at radius 1 is 1.53 bits per heavy atom. The lowest BCUT2D eigenvalue weighted by Gasteiger charge is -2.08. The lowest BCUT2D eigenvalue weighted by atomic mass is 10.2. The molecule has 0 saturated heterocycles. The SMILES string of the molecule is Cc1ccc(F)cc1OCc1nnsc1NN. The first kappa shape index (κ1) is 11.7. The molecule has 0 aliphatic heterocycles. The molecule has 2 aromatic rings. The fourth-order valence-corrected chi connectivity index (χ4v) is 1.77. The average molecular weight is 254 g/mol.